The number of thiocarbonyl (C=S) groups is 1. The number of hydrogen-bond acceptors (Lipinski definition) is 4. The Morgan fingerprint density at radius 3 is 2.84 bits per heavy atom. The van der Waals surface area contributed by atoms with Crippen molar-refractivity contribution in [2.45, 2.75) is 26.3 Å². The summed E-state index contributed by atoms with van der Waals surface area (Å²) in [6, 6.07) is 3.90. The molecule has 2 aromatic rings. The summed E-state index contributed by atoms with van der Waals surface area (Å²) in [5.41, 5.74) is 7.55. The molecule has 1 aromatic heterocycles. The first kappa shape index (κ1) is 12.2. The van der Waals surface area contributed by atoms with E-state index in [0.29, 0.717) is 11.4 Å². The lowest BCUT2D eigenvalue weighted by Gasteiger charge is -2.07. The molecular formula is C13H15N3O2S. The van der Waals surface area contributed by atoms with Crippen molar-refractivity contribution in [2.24, 2.45) is 5.73 Å². The van der Waals surface area contributed by atoms with Gasteiger partial charge in [-0.25, -0.2) is 4.98 Å². The fourth-order valence-electron chi connectivity index (χ4n) is 2.31. The Morgan fingerprint density at radius 1 is 1.42 bits per heavy atom. The summed E-state index contributed by atoms with van der Waals surface area (Å²) in [5, 5.41) is 0. The Labute approximate surface area is 116 Å². The molecule has 5 nitrogen and oxygen atoms in total. The highest BCUT2D eigenvalue weighted by Crippen LogP contribution is 2.36. The Balaban J connectivity index is 2.09. The van der Waals surface area contributed by atoms with Crippen LogP contribution < -0.4 is 15.2 Å². The first-order chi connectivity index (χ1) is 9.19. The second kappa shape index (κ2) is 4.70. The van der Waals surface area contributed by atoms with Crippen LogP contribution in [0.5, 0.6) is 11.5 Å². The van der Waals surface area contributed by atoms with Crippen molar-refractivity contribution in [1.82, 2.24) is 9.55 Å². The Bertz CT molecular complexity index is 651. The first-order valence-electron chi connectivity index (χ1n) is 6.26. The second-order valence-electron chi connectivity index (χ2n) is 4.44. The Kier molecular flexibility index (Phi) is 3.02. The molecule has 0 fully saturated rings. The number of hydrogen-bond donors (Lipinski definition) is 1. The number of aromatic nitrogens is 2. The molecule has 1 aliphatic rings. The van der Waals surface area contributed by atoms with E-state index >= 15 is 0 Å². The van der Waals surface area contributed by atoms with Gasteiger partial charge >= 0.3 is 0 Å². The van der Waals surface area contributed by atoms with Gasteiger partial charge in [0.05, 0.1) is 16.0 Å². The van der Waals surface area contributed by atoms with E-state index in [2.05, 4.69) is 16.5 Å². The van der Waals surface area contributed by atoms with Crippen molar-refractivity contribution in [1.29, 1.82) is 0 Å². The molecule has 0 bridgehead atoms. The van der Waals surface area contributed by atoms with Crippen LogP contribution in [0.15, 0.2) is 12.1 Å². The van der Waals surface area contributed by atoms with Gasteiger partial charge in [0, 0.05) is 31.5 Å². The van der Waals surface area contributed by atoms with E-state index in [1.54, 1.807) is 0 Å². The number of fused-ring (bicyclic) bond motifs is 2. The molecule has 100 valence electrons. The summed E-state index contributed by atoms with van der Waals surface area (Å²) in [5.74, 6) is 2.55. The normalized spacial score (nSPS) is 13.1. The third-order valence-corrected chi connectivity index (χ3v) is 3.42. The molecule has 0 spiro atoms. The maximum absolute atomic E-state index is 5.59. The minimum Gasteiger partial charge on any atom is -0.454 e. The van der Waals surface area contributed by atoms with Crippen LogP contribution in [0.4, 0.5) is 0 Å². The lowest BCUT2D eigenvalue weighted by Crippen LogP contribution is -2.13. The van der Waals surface area contributed by atoms with Crippen molar-refractivity contribution in [3.63, 3.8) is 0 Å². The highest BCUT2D eigenvalue weighted by Gasteiger charge is 2.18. The van der Waals surface area contributed by atoms with Crippen LogP contribution >= 0.6 is 12.2 Å². The highest BCUT2D eigenvalue weighted by molar-refractivity contribution is 7.80. The van der Waals surface area contributed by atoms with Crippen LogP contribution in [-0.4, -0.2) is 21.3 Å². The summed E-state index contributed by atoms with van der Waals surface area (Å²) in [4.78, 5) is 5.15. The summed E-state index contributed by atoms with van der Waals surface area (Å²) in [6.45, 7) is 3.10. The summed E-state index contributed by atoms with van der Waals surface area (Å²) in [6.07, 6.45) is 1.53. The van der Waals surface area contributed by atoms with Gasteiger partial charge < -0.3 is 19.8 Å². The van der Waals surface area contributed by atoms with Crippen LogP contribution in [0, 0.1) is 0 Å². The lowest BCUT2D eigenvalue weighted by molar-refractivity contribution is 0.174. The smallest absolute Gasteiger partial charge is 0.231 e. The minimum absolute atomic E-state index is 0.273. The van der Waals surface area contributed by atoms with E-state index in [4.69, 9.17) is 27.4 Å². The Morgan fingerprint density at radius 2 is 2.16 bits per heavy atom. The molecular weight excluding hydrogens is 262 g/mol. The molecule has 1 aromatic carbocycles. The van der Waals surface area contributed by atoms with Gasteiger partial charge in [-0.1, -0.05) is 19.1 Å². The molecule has 0 saturated carbocycles. The summed E-state index contributed by atoms with van der Waals surface area (Å²) in [7, 11) is 0. The molecule has 6 heteroatoms. The summed E-state index contributed by atoms with van der Waals surface area (Å²) >= 11 is 4.95. The predicted molar refractivity (Wildman–Crippen MR) is 76.6 cm³/mol. The topological polar surface area (TPSA) is 62.3 Å². The van der Waals surface area contributed by atoms with Gasteiger partial charge in [0.2, 0.25) is 6.79 Å². The molecule has 2 heterocycles. The lowest BCUT2D eigenvalue weighted by atomic mass is 10.2. The van der Waals surface area contributed by atoms with Gasteiger partial charge in [-0.3, -0.25) is 0 Å². The summed E-state index contributed by atoms with van der Waals surface area (Å²) < 4.78 is 12.9. The fourth-order valence-corrected chi connectivity index (χ4v) is 2.40. The van der Waals surface area contributed by atoms with Crippen LogP contribution in [0.3, 0.4) is 0 Å². The molecule has 0 aliphatic carbocycles. The average molecular weight is 277 g/mol. The number of nitrogens with zero attached hydrogens (tertiary/aromatic N) is 2. The van der Waals surface area contributed by atoms with Gasteiger partial charge in [0.15, 0.2) is 11.5 Å². The molecule has 1 aliphatic heterocycles. The minimum atomic E-state index is 0.273. The first-order valence-corrected chi connectivity index (χ1v) is 6.67. The second-order valence-corrected chi connectivity index (χ2v) is 4.97. The van der Waals surface area contributed by atoms with Gasteiger partial charge in [-0.15, -0.1) is 0 Å². The number of imidazole rings is 1. The van der Waals surface area contributed by atoms with Crippen molar-refractivity contribution < 1.29 is 9.47 Å². The van der Waals surface area contributed by atoms with E-state index in [1.165, 1.54) is 0 Å². The number of nitrogens with two attached hydrogens (primary N) is 1. The van der Waals surface area contributed by atoms with Crippen LogP contribution in [0.25, 0.3) is 11.0 Å². The quantitative estimate of drug-likeness (QED) is 0.866. The number of rotatable bonds is 4. The van der Waals surface area contributed by atoms with E-state index in [0.717, 1.165) is 41.3 Å². The highest BCUT2D eigenvalue weighted by atomic mass is 32.1. The Hall–Kier alpha value is -1.82. The van der Waals surface area contributed by atoms with Crippen molar-refractivity contribution in [3.05, 3.63) is 18.0 Å². The van der Waals surface area contributed by atoms with Gasteiger partial charge in [-0.2, -0.15) is 0 Å². The molecule has 0 saturated heterocycles. The largest absolute Gasteiger partial charge is 0.454 e. The number of aryl methyl sites for hydroxylation is 2. The number of ether oxygens (including phenoxy) is 2. The van der Waals surface area contributed by atoms with Gasteiger partial charge in [0.25, 0.3) is 0 Å². The van der Waals surface area contributed by atoms with Crippen LogP contribution in [-0.2, 0) is 13.0 Å². The SMILES string of the molecule is CCc1nc2cc3c(cc2n1CCC(N)=S)OCO3. The molecule has 19 heavy (non-hydrogen) atoms. The molecule has 0 amide bonds. The standard InChI is InChI=1S/C13H15N3O2S/c1-2-13-15-8-5-10-11(18-7-17-10)6-9(8)16(13)4-3-12(14)19/h5-6H,2-4,7H2,1H3,(H2,14,19). The van der Waals surface area contributed by atoms with Crippen molar-refractivity contribution in [2.75, 3.05) is 6.79 Å². The molecule has 0 unspecified atom stereocenters. The zero-order valence-electron chi connectivity index (χ0n) is 10.7. The zero-order valence-corrected chi connectivity index (χ0v) is 11.5. The maximum Gasteiger partial charge on any atom is 0.231 e. The van der Waals surface area contributed by atoms with E-state index in [-0.39, 0.29) is 6.79 Å². The van der Waals surface area contributed by atoms with Crippen molar-refractivity contribution in [3.8, 4) is 11.5 Å². The molecule has 0 radical (unpaired) electrons. The maximum atomic E-state index is 5.59. The van der Waals surface area contributed by atoms with Gasteiger partial charge in [-0.05, 0) is 0 Å². The molecule has 3 rings (SSSR count). The third kappa shape index (κ3) is 2.12. The van der Waals surface area contributed by atoms with Crippen LogP contribution in [0.2, 0.25) is 0 Å². The molecule has 0 atom stereocenters. The fraction of sp³-hybridized carbons (Fsp3) is 0.385. The number of benzene rings is 1. The zero-order chi connectivity index (χ0) is 13.4. The van der Waals surface area contributed by atoms with Gasteiger partial charge in [0.1, 0.15) is 5.82 Å². The van der Waals surface area contributed by atoms with E-state index in [1.807, 2.05) is 12.1 Å². The predicted octanol–water partition coefficient (Wildman–Crippen LogP) is 2.00. The van der Waals surface area contributed by atoms with E-state index in [9.17, 15) is 0 Å². The van der Waals surface area contributed by atoms with E-state index < -0.39 is 0 Å². The average Bonchev–Trinajstić information content (AvgIpc) is 2.96. The molecule has 2 N–H and O–H groups in total. The van der Waals surface area contributed by atoms with Crippen LogP contribution in [0.1, 0.15) is 19.2 Å². The third-order valence-electron chi connectivity index (χ3n) is 3.22. The monoisotopic (exact) mass is 277 g/mol. The van der Waals surface area contributed by atoms with Crippen molar-refractivity contribution >= 4 is 28.2 Å².